The van der Waals surface area contributed by atoms with E-state index in [2.05, 4.69) is 46.1 Å². The molecule has 0 spiro atoms. The Kier molecular flexibility index (Phi) is 6.82. The van der Waals surface area contributed by atoms with Crippen molar-refractivity contribution in [3.63, 3.8) is 0 Å². The van der Waals surface area contributed by atoms with Crippen LogP contribution < -0.4 is 0 Å². The van der Waals surface area contributed by atoms with E-state index in [1.165, 1.54) is 16.7 Å². The monoisotopic (exact) mass is 190 g/mol. The molecule has 0 aromatic rings. The SMILES string of the molecule is C=C/C(=C\C=C(/CC)C(=C)CC)CC. The van der Waals surface area contributed by atoms with E-state index < -0.39 is 0 Å². The van der Waals surface area contributed by atoms with Gasteiger partial charge in [-0.3, -0.25) is 0 Å². The topological polar surface area (TPSA) is 0 Å². The van der Waals surface area contributed by atoms with E-state index >= 15 is 0 Å². The fraction of sp³-hybridized carbons (Fsp3) is 0.429. The van der Waals surface area contributed by atoms with Crippen molar-refractivity contribution < 1.29 is 0 Å². The molecule has 14 heavy (non-hydrogen) atoms. The molecule has 0 amide bonds. The molecular formula is C14H22. The molecule has 0 aromatic heterocycles. The van der Waals surface area contributed by atoms with Crippen molar-refractivity contribution in [1.29, 1.82) is 0 Å². The molecule has 78 valence electrons. The van der Waals surface area contributed by atoms with Crippen LogP contribution in [0, 0.1) is 0 Å². The van der Waals surface area contributed by atoms with Crippen LogP contribution in [0.4, 0.5) is 0 Å². The lowest BCUT2D eigenvalue weighted by atomic mass is 10.0. The van der Waals surface area contributed by atoms with Crippen molar-refractivity contribution in [2.75, 3.05) is 0 Å². The van der Waals surface area contributed by atoms with Crippen LogP contribution >= 0.6 is 0 Å². The van der Waals surface area contributed by atoms with Gasteiger partial charge in [0.1, 0.15) is 0 Å². The first-order chi connectivity index (χ1) is 6.69. The van der Waals surface area contributed by atoms with Gasteiger partial charge in [-0.25, -0.2) is 0 Å². The van der Waals surface area contributed by atoms with Gasteiger partial charge in [0.25, 0.3) is 0 Å². The lowest BCUT2D eigenvalue weighted by Gasteiger charge is -2.04. The smallest absolute Gasteiger partial charge is 0.0305 e. The van der Waals surface area contributed by atoms with E-state index in [0.717, 1.165) is 19.3 Å². The highest BCUT2D eigenvalue weighted by Crippen LogP contribution is 2.16. The summed E-state index contributed by atoms with van der Waals surface area (Å²) in [5, 5.41) is 0. The molecule has 0 rings (SSSR count). The van der Waals surface area contributed by atoms with Gasteiger partial charge < -0.3 is 0 Å². The molecule has 0 aliphatic rings. The van der Waals surface area contributed by atoms with Crippen LogP contribution in [0.15, 0.2) is 48.1 Å². The van der Waals surface area contributed by atoms with E-state index in [0.29, 0.717) is 0 Å². The first-order valence-electron chi connectivity index (χ1n) is 5.39. The molecule has 0 aliphatic heterocycles. The van der Waals surface area contributed by atoms with Crippen LogP contribution in [0.1, 0.15) is 40.0 Å². The standard InChI is InChI=1S/C14H22/c1-6-12(5)14(9-4)11-10-13(7-2)8-3/h7,10-11H,2,5-6,8-9H2,1,3-4H3/b13-10+,14-11+. The average Bonchev–Trinajstić information content (AvgIpc) is 2.24. The zero-order valence-corrected chi connectivity index (χ0v) is 9.77. The summed E-state index contributed by atoms with van der Waals surface area (Å²) >= 11 is 0. The Morgan fingerprint density at radius 3 is 2.00 bits per heavy atom. The quantitative estimate of drug-likeness (QED) is 0.527. The maximum atomic E-state index is 4.05. The molecule has 0 aromatic carbocycles. The second-order valence-corrected chi connectivity index (χ2v) is 3.30. The van der Waals surface area contributed by atoms with Crippen molar-refractivity contribution in [3.8, 4) is 0 Å². The maximum absolute atomic E-state index is 4.05. The Labute approximate surface area is 88.7 Å². The number of hydrogen-bond donors (Lipinski definition) is 0. The molecule has 0 heterocycles. The van der Waals surface area contributed by atoms with Gasteiger partial charge in [0.15, 0.2) is 0 Å². The van der Waals surface area contributed by atoms with E-state index in [1.807, 2.05) is 6.08 Å². The van der Waals surface area contributed by atoms with E-state index in [9.17, 15) is 0 Å². The fourth-order valence-corrected chi connectivity index (χ4v) is 1.25. The molecule has 0 saturated carbocycles. The van der Waals surface area contributed by atoms with Crippen molar-refractivity contribution in [3.05, 3.63) is 48.1 Å². The number of allylic oxidation sites excluding steroid dienone is 6. The van der Waals surface area contributed by atoms with Crippen LogP contribution in [0.25, 0.3) is 0 Å². The third-order valence-corrected chi connectivity index (χ3v) is 2.43. The molecule has 0 heteroatoms. The second kappa shape index (κ2) is 7.37. The van der Waals surface area contributed by atoms with Crippen LogP contribution in [-0.4, -0.2) is 0 Å². The zero-order valence-electron chi connectivity index (χ0n) is 9.77. The highest BCUT2D eigenvalue weighted by Gasteiger charge is 1.96. The predicted octanol–water partition coefficient (Wildman–Crippen LogP) is 4.81. The van der Waals surface area contributed by atoms with Gasteiger partial charge in [0, 0.05) is 0 Å². The summed E-state index contributed by atoms with van der Waals surface area (Å²) in [4.78, 5) is 0. The summed E-state index contributed by atoms with van der Waals surface area (Å²) < 4.78 is 0. The average molecular weight is 190 g/mol. The largest absolute Gasteiger partial charge is 0.0988 e. The Morgan fingerprint density at radius 1 is 1.00 bits per heavy atom. The van der Waals surface area contributed by atoms with Gasteiger partial charge >= 0.3 is 0 Å². The van der Waals surface area contributed by atoms with Crippen molar-refractivity contribution in [2.24, 2.45) is 0 Å². The predicted molar refractivity (Wildman–Crippen MR) is 66.4 cm³/mol. The summed E-state index contributed by atoms with van der Waals surface area (Å²) in [7, 11) is 0. The molecule has 0 bridgehead atoms. The molecular weight excluding hydrogens is 168 g/mol. The third-order valence-electron chi connectivity index (χ3n) is 2.43. The minimum atomic E-state index is 1.03. The summed E-state index contributed by atoms with van der Waals surface area (Å²) in [6, 6.07) is 0. The van der Waals surface area contributed by atoms with E-state index in [1.54, 1.807) is 0 Å². The molecule has 0 unspecified atom stereocenters. The maximum Gasteiger partial charge on any atom is -0.0305 e. The Morgan fingerprint density at radius 2 is 1.64 bits per heavy atom. The van der Waals surface area contributed by atoms with Gasteiger partial charge in [0.05, 0.1) is 0 Å². The van der Waals surface area contributed by atoms with E-state index in [4.69, 9.17) is 0 Å². The highest BCUT2D eigenvalue weighted by molar-refractivity contribution is 5.33. The molecule has 0 aliphatic carbocycles. The lowest BCUT2D eigenvalue weighted by molar-refractivity contribution is 1.03. The van der Waals surface area contributed by atoms with E-state index in [-0.39, 0.29) is 0 Å². The minimum Gasteiger partial charge on any atom is -0.0988 e. The second-order valence-electron chi connectivity index (χ2n) is 3.30. The molecule has 0 atom stereocenters. The minimum absolute atomic E-state index is 1.03. The summed E-state index contributed by atoms with van der Waals surface area (Å²) in [6.07, 6.45) is 9.35. The third kappa shape index (κ3) is 4.27. The molecule has 0 nitrogen and oxygen atoms in total. The first-order valence-corrected chi connectivity index (χ1v) is 5.39. The summed E-state index contributed by atoms with van der Waals surface area (Å²) in [5.74, 6) is 0. The molecule has 0 fully saturated rings. The van der Waals surface area contributed by atoms with Crippen LogP contribution in [-0.2, 0) is 0 Å². The first kappa shape index (κ1) is 13.0. The molecule has 0 N–H and O–H groups in total. The summed E-state index contributed by atoms with van der Waals surface area (Å²) in [5.41, 5.74) is 3.86. The van der Waals surface area contributed by atoms with Gasteiger partial charge in [0.2, 0.25) is 0 Å². The van der Waals surface area contributed by atoms with Crippen LogP contribution in [0.2, 0.25) is 0 Å². The Hall–Kier alpha value is -1.04. The zero-order chi connectivity index (χ0) is 11.0. The Bertz CT molecular complexity index is 251. The number of hydrogen-bond acceptors (Lipinski definition) is 0. The van der Waals surface area contributed by atoms with Crippen molar-refractivity contribution >= 4 is 0 Å². The summed E-state index contributed by atoms with van der Waals surface area (Å²) in [6.45, 7) is 14.3. The van der Waals surface area contributed by atoms with Gasteiger partial charge in [-0.1, -0.05) is 57.7 Å². The van der Waals surface area contributed by atoms with Crippen molar-refractivity contribution in [1.82, 2.24) is 0 Å². The molecule has 0 saturated heterocycles. The van der Waals surface area contributed by atoms with Crippen molar-refractivity contribution in [2.45, 2.75) is 40.0 Å². The highest BCUT2D eigenvalue weighted by atomic mass is 14.0. The number of rotatable bonds is 6. The van der Waals surface area contributed by atoms with Gasteiger partial charge in [-0.15, -0.1) is 0 Å². The Balaban J connectivity index is 4.67. The normalized spacial score (nSPS) is 12.8. The van der Waals surface area contributed by atoms with Gasteiger partial charge in [-0.2, -0.15) is 0 Å². The lowest BCUT2D eigenvalue weighted by Crippen LogP contribution is -1.84. The van der Waals surface area contributed by atoms with Crippen LogP contribution in [0.3, 0.4) is 0 Å². The fourth-order valence-electron chi connectivity index (χ4n) is 1.25. The van der Waals surface area contributed by atoms with Gasteiger partial charge in [-0.05, 0) is 30.4 Å². The van der Waals surface area contributed by atoms with Crippen LogP contribution in [0.5, 0.6) is 0 Å². The molecule has 0 radical (unpaired) electrons.